The van der Waals surface area contributed by atoms with Gasteiger partial charge < -0.3 is 9.73 Å². The maximum absolute atomic E-state index is 13.0. The number of aromatic nitrogens is 2. The summed E-state index contributed by atoms with van der Waals surface area (Å²) in [6.45, 7) is 0. The molecule has 0 saturated carbocycles. The summed E-state index contributed by atoms with van der Waals surface area (Å²) in [6.07, 6.45) is 1.48. The van der Waals surface area contributed by atoms with Crippen molar-refractivity contribution in [3.8, 4) is 0 Å². The van der Waals surface area contributed by atoms with Crippen molar-refractivity contribution in [3.63, 3.8) is 0 Å². The molecule has 0 spiro atoms. The highest BCUT2D eigenvalue weighted by Crippen LogP contribution is 2.33. The molecule has 4 aromatic rings. The van der Waals surface area contributed by atoms with Crippen LogP contribution in [0.2, 0.25) is 0 Å². The van der Waals surface area contributed by atoms with Crippen molar-refractivity contribution >= 4 is 49.5 Å². The highest BCUT2D eigenvalue weighted by Gasteiger charge is 2.13. The third-order valence-corrected chi connectivity index (χ3v) is 3.81. The third kappa shape index (κ3) is 2.21. The smallest absolute Gasteiger partial charge is 0.196 e. The molecule has 2 aromatic heterocycles. The van der Waals surface area contributed by atoms with Crippen LogP contribution in [0.5, 0.6) is 0 Å². The Morgan fingerprint density at radius 2 is 1.86 bits per heavy atom. The summed E-state index contributed by atoms with van der Waals surface area (Å²) in [5.74, 6) is 0.260. The lowest BCUT2D eigenvalue weighted by Crippen LogP contribution is -1.94. The van der Waals surface area contributed by atoms with Crippen LogP contribution < -0.4 is 5.32 Å². The van der Waals surface area contributed by atoms with Gasteiger partial charge in [-0.25, -0.2) is 14.4 Å². The van der Waals surface area contributed by atoms with Crippen LogP contribution in [0.4, 0.5) is 15.9 Å². The van der Waals surface area contributed by atoms with E-state index in [-0.39, 0.29) is 5.82 Å². The van der Waals surface area contributed by atoms with E-state index >= 15 is 0 Å². The van der Waals surface area contributed by atoms with Crippen molar-refractivity contribution in [2.24, 2.45) is 0 Å². The van der Waals surface area contributed by atoms with Crippen molar-refractivity contribution in [1.29, 1.82) is 0 Å². The fraction of sp³-hybridized carbons (Fsp3) is 0. The first kappa shape index (κ1) is 13.2. The molecule has 0 atom stereocenters. The molecule has 0 unspecified atom stereocenters. The van der Waals surface area contributed by atoms with E-state index in [1.807, 2.05) is 18.2 Å². The minimum absolute atomic E-state index is 0.285. The van der Waals surface area contributed by atoms with Gasteiger partial charge >= 0.3 is 0 Å². The lowest BCUT2D eigenvalue weighted by Gasteiger charge is -2.04. The Balaban J connectivity index is 1.87. The first-order valence-corrected chi connectivity index (χ1v) is 7.35. The number of hydrogen-bond acceptors (Lipinski definition) is 4. The van der Waals surface area contributed by atoms with Gasteiger partial charge in [0.1, 0.15) is 23.2 Å². The van der Waals surface area contributed by atoms with Gasteiger partial charge in [-0.05, 0) is 42.5 Å². The number of nitrogens with one attached hydrogen (secondary N) is 1. The SMILES string of the molecule is Fc1ccc(Nc2ncnc3c2oc2ccc(Br)cc23)cc1. The van der Waals surface area contributed by atoms with Gasteiger partial charge in [-0.3, -0.25) is 0 Å². The molecule has 1 N–H and O–H groups in total. The van der Waals surface area contributed by atoms with Crippen LogP contribution in [0.3, 0.4) is 0 Å². The number of halogens is 2. The van der Waals surface area contributed by atoms with E-state index < -0.39 is 0 Å². The number of furan rings is 1. The summed E-state index contributed by atoms with van der Waals surface area (Å²) < 4.78 is 19.8. The molecule has 2 aromatic carbocycles. The Morgan fingerprint density at radius 1 is 1.05 bits per heavy atom. The molecule has 6 heteroatoms. The molecule has 0 aliphatic heterocycles. The Hall–Kier alpha value is -2.47. The average Bonchev–Trinajstić information content (AvgIpc) is 2.89. The zero-order chi connectivity index (χ0) is 15.1. The van der Waals surface area contributed by atoms with E-state index in [0.717, 1.165) is 26.6 Å². The standard InChI is InChI=1S/C16H9BrFN3O/c17-9-1-6-13-12(7-9)14-15(22-13)16(20-8-19-14)21-11-4-2-10(18)3-5-11/h1-8H,(H,19,20,21). The fourth-order valence-electron chi connectivity index (χ4n) is 2.31. The summed E-state index contributed by atoms with van der Waals surface area (Å²) in [7, 11) is 0. The zero-order valence-electron chi connectivity index (χ0n) is 11.2. The molecule has 0 fully saturated rings. The molecule has 0 saturated heterocycles. The lowest BCUT2D eigenvalue weighted by atomic mass is 10.2. The number of fused-ring (bicyclic) bond motifs is 3. The summed E-state index contributed by atoms with van der Waals surface area (Å²) in [5, 5.41) is 4.04. The minimum atomic E-state index is -0.285. The second kappa shape index (κ2) is 5.06. The summed E-state index contributed by atoms with van der Waals surface area (Å²) in [5.41, 5.74) is 2.76. The van der Waals surface area contributed by atoms with Crippen LogP contribution in [0.25, 0.3) is 22.1 Å². The van der Waals surface area contributed by atoms with Gasteiger partial charge in [0.2, 0.25) is 0 Å². The van der Waals surface area contributed by atoms with Crippen LogP contribution in [0, 0.1) is 5.82 Å². The molecular weight excluding hydrogens is 349 g/mol. The van der Waals surface area contributed by atoms with Crippen LogP contribution in [0.15, 0.2) is 57.7 Å². The highest BCUT2D eigenvalue weighted by molar-refractivity contribution is 9.10. The predicted molar refractivity (Wildman–Crippen MR) is 86.7 cm³/mol. The van der Waals surface area contributed by atoms with Gasteiger partial charge in [0.15, 0.2) is 11.4 Å². The van der Waals surface area contributed by atoms with E-state index in [1.54, 1.807) is 12.1 Å². The Labute approximate surface area is 133 Å². The second-order valence-corrected chi connectivity index (χ2v) is 5.69. The van der Waals surface area contributed by atoms with E-state index in [2.05, 4.69) is 31.2 Å². The number of hydrogen-bond donors (Lipinski definition) is 1. The van der Waals surface area contributed by atoms with Crippen LogP contribution in [-0.2, 0) is 0 Å². The van der Waals surface area contributed by atoms with Crippen molar-refractivity contribution < 1.29 is 8.81 Å². The largest absolute Gasteiger partial charge is 0.450 e. The number of anilines is 2. The first-order valence-electron chi connectivity index (χ1n) is 6.56. The maximum atomic E-state index is 13.0. The molecule has 2 heterocycles. The summed E-state index contributed by atoms with van der Waals surface area (Å²) in [4.78, 5) is 8.52. The molecule has 0 amide bonds. The third-order valence-electron chi connectivity index (χ3n) is 3.32. The minimum Gasteiger partial charge on any atom is -0.450 e. The highest BCUT2D eigenvalue weighted by atomic mass is 79.9. The van der Waals surface area contributed by atoms with Crippen molar-refractivity contribution in [2.75, 3.05) is 5.32 Å². The molecule has 0 aliphatic carbocycles. The van der Waals surface area contributed by atoms with Gasteiger partial charge in [-0.2, -0.15) is 0 Å². The quantitative estimate of drug-likeness (QED) is 0.547. The van der Waals surface area contributed by atoms with E-state index in [1.165, 1.54) is 18.5 Å². The van der Waals surface area contributed by atoms with Crippen molar-refractivity contribution in [2.45, 2.75) is 0 Å². The molecule has 4 rings (SSSR count). The number of nitrogens with zero attached hydrogens (tertiary/aromatic N) is 2. The molecule has 22 heavy (non-hydrogen) atoms. The van der Waals surface area contributed by atoms with Gasteiger partial charge in [0, 0.05) is 15.5 Å². The Morgan fingerprint density at radius 3 is 2.68 bits per heavy atom. The molecular formula is C16H9BrFN3O. The monoisotopic (exact) mass is 357 g/mol. The normalized spacial score (nSPS) is 11.2. The maximum Gasteiger partial charge on any atom is 0.196 e. The Kier molecular flexibility index (Phi) is 3.04. The predicted octanol–water partition coefficient (Wildman–Crippen LogP) is 5.02. The topological polar surface area (TPSA) is 51.0 Å². The second-order valence-electron chi connectivity index (χ2n) is 4.77. The van der Waals surface area contributed by atoms with Gasteiger partial charge in [0.05, 0.1) is 0 Å². The average molecular weight is 358 g/mol. The van der Waals surface area contributed by atoms with Gasteiger partial charge in [0.25, 0.3) is 0 Å². The molecule has 0 bridgehead atoms. The number of benzene rings is 2. The van der Waals surface area contributed by atoms with Crippen LogP contribution in [-0.4, -0.2) is 9.97 Å². The summed E-state index contributed by atoms with van der Waals surface area (Å²) in [6, 6.07) is 11.8. The lowest BCUT2D eigenvalue weighted by molar-refractivity contribution is 0.628. The van der Waals surface area contributed by atoms with Crippen molar-refractivity contribution in [1.82, 2.24) is 9.97 Å². The molecule has 0 radical (unpaired) electrons. The fourth-order valence-corrected chi connectivity index (χ4v) is 2.67. The van der Waals surface area contributed by atoms with E-state index in [9.17, 15) is 4.39 Å². The zero-order valence-corrected chi connectivity index (χ0v) is 12.8. The van der Waals surface area contributed by atoms with E-state index in [4.69, 9.17) is 4.42 Å². The summed E-state index contributed by atoms with van der Waals surface area (Å²) >= 11 is 3.45. The molecule has 108 valence electrons. The Bertz CT molecular complexity index is 982. The number of rotatable bonds is 2. The first-order chi connectivity index (χ1) is 10.7. The molecule has 4 nitrogen and oxygen atoms in total. The molecule has 0 aliphatic rings. The van der Waals surface area contributed by atoms with Gasteiger partial charge in [-0.1, -0.05) is 15.9 Å². The van der Waals surface area contributed by atoms with Gasteiger partial charge in [-0.15, -0.1) is 0 Å². The van der Waals surface area contributed by atoms with E-state index in [0.29, 0.717) is 11.4 Å². The van der Waals surface area contributed by atoms with Crippen LogP contribution in [0.1, 0.15) is 0 Å². The van der Waals surface area contributed by atoms with Crippen LogP contribution >= 0.6 is 15.9 Å². The van der Waals surface area contributed by atoms with Crippen molar-refractivity contribution in [3.05, 3.63) is 59.1 Å².